The van der Waals surface area contributed by atoms with Crippen LogP contribution in [0.2, 0.25) is 0 Å². The molecular formula is C17H17F2N5O2S. The Hall–Kier alpha value is -2.85. The molecule has 0 atom stereocenters. The van der Waals surface area contributed by atoms with Gasteiger partial charge in [-0.1, -0.05) is 0 Å². The topological polar surface area (TPSA) is 88.9 Å². The second-order valence-electron chi connectivity index (χ2n) is 5.65. The summed E-state index contributed by atoms with van der Waals surface area (Å²) >= 11 is 0. The predicted molar refractivity (Wildman–Crippen MR) is 96.1 cm³/mol. The van der Waals surface area contributed by atoms with Crippen molar-refractivity contribution >= 4 is 15.8 Å². The molecule has 0 aliphatic rings. The van der Waals surface area contributed by atoms with Crippen molar-refractivity contribution in [3.8, 4) is 5.82 Å². The molecule has 0 spiro atoms. The molecule has 0 fully saturated rings. The molecule has 0 saturated carbocycles. The van der Waals surface area contributed by atoms with E-state index in [2.05, 4.69) is 20.0 Å². The maximum Gasteiger partial charge on any atom is 0.243 e. The lowest BCUT2D eigenvalue weighted by atomic mass is 10.3. The maximum absolute atomic E-state index is 13.6. The van der Waals surface area contributed by atoms with Crippen molar-refractivity contribution in [2.75, 3.05) is 18.4 Å². The highest BCUT2D eigenvalue weighted by molar-refractivity contribution is 7.89. The van der Waals surface area contributed by atoms with Gasteiger partial charge in [0.2, 0.25) is 10.0 Å². The monoisotopic (exact) mass is 393 g/mol. The number of sulfonamides is 1. The molecule has 2 N–H and O–H groups in total. The molecule has 7 nitrogen and oxygen atoms in total. The summed E-state index contributed by atoms with van der Waals surface area (Å²) in [5.41, 5.74) is 0. The van der Waals surface area contributed by atoms with Crippen LogP contribution in [0.5, 0.6) is 0 Å². The zero-order chi connectivity index (χ0) is 19.4. The lowest BCUT2D eigenvalue weighted by Crippen LogP contribution is -2.29. The molecular weight excluding hydrogens is 376 g/mol. The first-order chi connectivity index (χ1) is 12.8. The van der Waals surface area contributed by atoms with Crippen molar-refractivity contribution in [1.82, 2.24) is 19.3 Å². The molecule has 0 bridgehead atoms. The van der Waals surface area contributed by atoms with Crippen LogP contribution < -0.4 is 10.0 Å². The van der Waals surface area contributed by atoms with Crippen LogP contribution in [0.25, 0.3) is 5.82 Å². The molecule has 0 aliphatic carbocycles. The maximum atomic E-state index is 13.6. The second-order valence-corrected chi connectivity index (χ2v) is 7.38. The number of anilines is 1. The van der Waals surface area contributed by atoms with Crippen molar-refractivity contribution in [2.24, 2.45) is 0 Å². The number of nitrogens with zero attached hydrogens (tertiary/aromatic N) is 3. The molecule has 0 unspecified atom stereocenters. The number of halogens is 2. The largest absolute Gasteiger partial charge is 0.369 e. The van der Waals surface area contributed by atoms with Crippen LogP contribution in [0.3, 0.4) is 0 Å². The van der Waals surface area contributed by atoms with Crippen LogP contribution in [0.15, 0.2) is 53.7 Å². The Labute approximate surface area is 155 Å². The fraction of sp³-hybridized carbons (Fsp3) is 0.176. The zero-order valence-electron chi connectivity index (χ0n) is 14.4. The number of hydrogen-bond acceptors (Lipinski definition) is 5. The van der Waals surface area contributed by atoms with Crippen LogP contribution in [0.4, 0.5) is 14.6 Å². The van der Waals surface area contributed by atoms with E-state index in [1.165, 1.54) is 0 Å². The Morgan fingerprint density at radius 3 is 2.56 bits per heavy atom. The summed E-state index contributed by atoms with van der Waals surface area (Å²) in [7, 11) is -4.16. The van der Waals surface area contributed by atoms with Crippen molar-refractivity contribution in [3.05, 3.63) is 66.3 Å². The first-order valence-electron chi connectivity index (χ1n) is 8.03. The molecule has 0 radical (unpaired) electrons. The summed E-state index contributed by atoms with van der Waals surface area (Å²) in [6.07, 6.45) is 3.68. The summed E-state index contributed by atoms with van der Waals surface area (Å²) in [6, 6.07) is 7.72. The Balaban J connectivity index is 1.63. The smallest absolute Gasteiger partial charge is 0.243 e. The van der Waals surface area contributed by atoms with Gasteiger partial charge in [0.15, 0.2) is 0 Å². The number of aryl methyl sites for hydroxylation is 1. The Bertz CT molecular complexity index is 1040. The number of benzene rings is 1. The zero-order valence-corrected chi connectivity index (χ0v) is 15.2. The summed E-state index contributed by atoms with van der Waals surface area (Å²) in [6.45, 7) is 1.89. The van der Waals surface area contributed by atoms with Crippen molar-refractivity contribution in [3.63, 3.8) is 0 Å². The van der Waals surface area contributed by atoms with E-state index >= 15 is 0 Å². The summed E-state index contributed by atoms with van der Waals surface area (Å²) in [5.74, 6) is -0.116. The Morgan fingerprint density at radius 1 is 1.07 bits per heavy atom. The van der Waals surface area contributed by atoms with E-state index in [4.69, 9.17) is 0 Å². The van der Waals surface area contributed by atoms with E-state index in [9.17, 15) is 17.2 Å². The van der Waals surface area contributed by atoms with Crippen LogP contribution in [-0.2, 0) is 10.0 Å². The second kappa shape index (κ2) is 7.80. The molecule has 27 heavy (non-hydrogen) atoms. The van der Waals surface area contributed by atoms with Gasteiger partial charge in [0.05, 0.1) is 0 Å². The van der Waals surface area contributed by atoms with Gasteiger partial charge in [0.25, 0.3) is 0 Å². The SMILES string of the molecule is Cc1nc(NCCNS(=O)(=O)c2cc(F)ccc2F)cc(-n2cccc2)n1. The molecule has 142 valence electrons. The van der Waals surface area contributed by atoms with Gasteiger partial charge in [-0.05, 0) is 37.3 Å². The van der Waals surface area contributed by atoms with Crippen LogP contribution >= 0.6 is 0 Å². The normalized spacial score (nSPS) is 11.5. The Kier molecular flexibility index (Phi) is 5.47. The van der Waals surface area contributed by atoms with Gasteiger partial charge in [-0.3, -0.25) is 0 Å². The van der Waals surface area contributed by atoms with Crippen LogP contribution in [0.1, 0.15) is 5.82 Å². The van der Waals surface area contributed by atoms with Gasteiger partial charge in [-0.2, -0.15) is 0 Å². The number of hydrogen-bond donors (Lipinski definition) is 2. The van der Waals surface area contributed by atoms with Gasteiger partial charge in [0.1, 0.15) is 34.0 Å². The Morgan fingerprint density at radius 2 is 1.81 bits per heavy atom. The lowest BCUT2D eigenvalue weighted by molar-refractivity contribution is 0.546. The fourth-order valence-corrected chi connectivity index (χ4v) is 3.52. The van der Waals surface area contributed by atoms with E-state index in [1.54, 1.807) is 13.0 Å². The number of aromatic nitrogens is 3. The van der Waals surface area contributed by atoms with Crippen LogP contribution in [-0.4, -0.2) is 36.0 Å². The van der Waals surface area contributed by atoms with Gasteiger partial charge in [0, 0.05) is 31.5 Å². The molecule has 10 heteroatoms. The van der Waals surface area contributed by atoms with Gasteiger partial charge in [-0.15, -0.1) is 0 Å². The minimum absolute atomic E-state index is 0.0415. The standard InChI is InChI=1S/C17H17F2N5O2S/c1-12-22-16(11-17(23-12)24-8-2-3-9-24)20-6-7-21-27(25,26)15-10-13(18)4-5-14(15)19/h2-5,8-11,21H,6-7H2,1H3,(H,20,22,23). The molecule has 0 amide bonds. The van der Waals surface area contributed by atoms with E-state index < -0.39 is 26.6 Å². The average molecular weight is 393 g/mol. The first kappa shape index (κ1) is 18.9. The molecule has 0 saturated heterocycles. The van der Waals surface area contributed by atoms with Gasteiger partial charge >= 0.3 is 0 Å². The number of rotatable bonds is 7. The molecule has 2 aromatic heterocycles. The minimum Gasteiger partial charge on any atom is -0.369 e. The molecule has 0 aliphatic heterocycles. The third-order valence-corrected chi connectivity index (χ3v) is 5.08. The molecule has 1 aromatic carbocycles. The highest BCUT2D eigenvalue weighted by Gasteiger charge is 2.19. The van der Waals surface area contributed by atoms with Crippen LogP contribution in [0, 0.1) is 18.6 Å². The fourth-order valence-electron chi connectivity index (χ4n) is 2.40. The van der Waals surface area contributed by atoms with E-state index in [0.29, 0.717) is 23.5 Å². The average Bonchev–Trinajstić information content (AvgIpc) is 3.15. The first-order valence-corrected chi connectivity index (χ1v) is 9.51. The van der Waals surface area contributed by atoms with Crippen molar-refractivity contribution < 1.29 is 17.2 Å². The third-order valence-electron chi connectivity index (χ3n) is 3.60. The summed E-state index contributed by atoms with van der Waals surface area (Å²) < 4.78 is 55.1. The minimum atomic E-state index is -4.16. The van der Waals surface area contributed by atoms with Crippen molar-refractivity contribution in [2.45, 2.75) is 11.8 Å². The van der Waals surface area contributed by atoms with Gasteiger partial charge in [-0.25, -0.2) is 31.9 Å². The van der Waals surface area contributed by atoms with Gasteiger partial charge < -0.3 is 9.88 Å². The molecule has 3 aromatic rings. The van der Waals surface area contributed by atoms with E-state index in [-0.39, 0.29) is 13.1 Å². The molecule has 2 heterocycles. The summed E-state index contributed by atoms with van der Waals surface area (Å²) in [4.78, 5) is 7.84. The number of nitrogens with one attached hydrogen (secondary N) is 2. The molecule has 3 rings (SSSR count). The van der Waals surface area contributed by atoms with Crippen molar-refractivity contribution in [1.29, 1.82) is 0 Å². The highest BCUT2D eigenvalue weighted by Crippen LogP contribution is 2.15. The summed E-state index contributed by atoms with van der Waals surface area (Å²) in [5, 5.41) is 2.98. The lowest BCUT2D eigenvalue weighted by Gasteiger charge is -2.11. The third kappa shape index (κ3) is 4.66. The highest BCUT2D eigenvalue weighted by atomic mass is 32.2. The predicted octanol–water partition coefficient (Wildman–Crippen LogP) is 2.24. The van der Waals surface area contributed by atoms with E-state index in [1.807, 2.05) is 29.1 Å². The van der Waals surface area contributed by atoms with E-state index in [0.717, 1.165) is 12.1 Å². The quantitative estimate of drug-likeness (QED) is 0.601.